The predicted octanol–water partition coefficient (Wildman–Crippen LogP) is 2.37. The molecule has 3 N–H and O–H groups in total. The fourth-order valence-electron chi connectivity index (χ4n) is 2.65. The van der Waals surface area contributed by atoms with Crippen molar-refractivity contribution in [3.05, 3.63) is 65.2 Å². The normalized spacial score (nSPS) is 13.3. The molecule has 0 saturated heterocycles. The van der Waals surface area contributed by atoms with Crippen LogP contribution in [-0.2, 0) is 16.6 Å². The monoisotopic (exact) mass is 388 g/mol. The topological polar surface area (TPSA) is 82.6 Å². The van der Waals surface area contributed by atoms with Crippen LogP contribution in [0.15, 0.2) is 58.4 Å². The number of aryl methyl sites for hydroxylation is 1. The van der Waals surface area contributed by atoms with Gasteiger partial charge >= 0.3 is 0 Å². The van der Waals surface area contributed by atoms with E-state index in [1.165, 1.54) is 18.2 Å². The molecule has 7 heteroatoms. The Bertz CT molecular complexity index is 877. The lowest BCUT2D eigenvalue weighted by atomic mass is 9.99. The van der Waals surface area contributed by atoms with E-state index in [0.717, 1.165) is 12.1 Å². The molecule has 2 aromatic rings. The number of hydrogen-bond donors (Lipinski definition) is 3. The second kappa shape index (κ2) is 9.53. The molecule has 0 aromatic heterocycles. The molecule has 1 atom stereocenters. The number of aliphatic imine (C=N–C) groups is 1. The minimum Gasteiger partial charge on any atom is -0.356 e. The first-order chi connectivity index (χ1) is 12.9. The van der Waals surface area contributed by atoms with Gasteiger partial charge in [0.2, 0.25) is 10.0 Å². The third-order valence-corrected chi connectivity index (χ3v) is 5.80. The molecule has 2 rings (SSSR count). The second-order valence-corrected chi connectivity index (χ2v) is 8.36. The molecular formula is C20H28N4O2S. The number of nitrogens with zero attached hydrogens (tertiary/aromatic N) is 1. The van der Waals surface area contributed by atoms with Crippen LogP contribution in [0.1, 0.15) is 29.5 Å². The number of sulfonamides is 1. The lowest BCUT2D eigenvalue weighted by molar-refractivity contribution is 0.588. The highest BCUT2D eigenvalue weighted by atomic mass is 32.2. The van der Waals surface area contributed by atoms with Gasteiger partial charge in [0.25, 0.3) is 0 Å². The number of benzene rings is 2. The van der Waals surface area contributed by atoms with E-state index >= 15 is 0 Å². The van der Waals surface area contributed by atoms with Crippen LogP contribution in [0.5, 0.6) is 0 Å². The highest BCUT2D eigenvalue weighted by Crippen LogP contribution is 2.15. The van der Waals surface area contributed by atoms with Crippen molar-refractivity contribution in [2.75, 3.05) is 20.6 Å². The largest absolute Gasteiger partial charge is 0.356 e. The minimum absolute atomic E-state index is 0.253. The summed E-state index contributed by atoms with van der Waals surface area (Å²) in [7, 11) is -0.273. The van der Waals surface area contributed by atoms with Gasteiger partial charge in [0.05, 0.1) is 4.90 Å². The van der Waals surface area contributed by atoms with Crippen molar-refractivity contribution in [2.45, 2.75) is 31.2 Å². The van der Waals surface area contributed by atoms with Gasteiger partial charge in [-0.25, -0.2) is 13.1 Å². The fraction of sp³-hybridized carbons (Fsp3) is 0.350. The van der Waals surface area contributed by atoms with Crippen LogP contribution in [0.25, 0.3) is 0 Å². The fourth-order valence-corrected chi connectivity index (χ4v) is 3.39. The quantitative estimate of drug-likeness (QED) is 0.502. The van der Waals surface area contributed by atoms with E-state index in [1.54, 1.807) is 31.3 Å². The van der Waals surface area contributed by atoms with Gasteiger partial charge in [0.15, 0.2) is 5.96 Å². The van der Waals surface area contributed by atoms with Crippen molar-refractivity contribution in [2.24, 2.45) is 4.99 Å². The zero-order valence-corrected chi connectivity index (χ0v) is 17.1. The molecule has 146 valence electrons. The maximum absolute atomic E-state index is 11.8. The van der Waals surface area contributed by atoms with E-state index in [1.807, 2.05) is 0 Å². The standard InChI is InChI=1S/C20H28N4O2S/c1-15-6-5-7-18(12-15)16(2)13-23-20(21-3)24-14-17-8-10-19(11-9-17)27(25,26)22-4/h5-12,16,22H,13-14H2,1-4H3,(H2,21,23,24). The first-order valence-electron chi connectivity index (χ1n) is 8.89. The van der Waals surface area contributed by atoms with E-state index in [9.17, 15) is 8.42 Å². The van der Waals surface area contributed by atoms with E-state index in [0.29, 0.717) is 18.4 Å². The lowest BCUT2D eigenvalue weighted by Crippen LogP contribution is -2.38. The first kappa shape index (κ1) is 20.9. The van der Waals surface area contributed by atoms with Crippen molar-refractivity contribution in [1.82, 2.24) is 15.4 Å². The maximum Gasteiger partial charge on any atom is 0.240 e. The Morgan fingerprint density at radius 3 is 2.41 bits per heavy atom. The summed E-state index contributed by atoms with van der Waals surface area (Å²) in [6.07, 6.45) is 0. The van der Waals surface area contributed by atoms with Crippen molar-refractivity contribution in [1.29, 1.82) is 0 Å². The van der Waals surface area contributed by atoms with Gasteiger partial charge in [-0.2, -0.15) is 0 Å². The van der Waals surface area contributed by atoms with Crippen LogP contribution in [0.2, 0.25) is 0 Å². The zero-order chi connectivity index (χ0) is 19.9. The SMILES string of the molecule is CN=C(NCc1ccc(S(=O)(=O)NC)cc1)NCC(C)c1cccc(C)c1. The van der Waals surface area contributed by atoms with Crippen molar-refractivity contribution >= 4 is 16.0 Å². The Morgan fingerprint density at radius 1 is 1.11 bits per heavy atom. The van der Waals surface area contributed by atoms with Gasteiger partial charge in [0, 0.05) is 20.1 Å². The third-order valence-electron chi connectivity index (χ3n) is 4.37. The van der Waals surface area contributed by atoms with E-state index in [4.69, 9.17) is 0 Å². The Balaban J connectivity index is 1.88. The third kappa shape index (κ3) is 6.08. The zero-order valence-electron chi connectivity index (χ0n) is 16.3. The Hall–Kier alpha value is -2.38. The average Bonchev–Trinajstić information content (AvgIpc) is 2.68. The van der Waals surface area contributed by atoms with Gasteiger partial charge < -0.3 is 10.6 Å². The van der Waals surface area contributed by atoms with Crippen LogP contribution in [0.3, 0.4) is 0 Å². The van der Waals surface area contributed by atoms with Crippen LogP contribution in [0, 0.1) is 6.92 Å². The Labute approximate surface area is 162 Å². The Kier molecular flexibility index (Phi) is 7.38. The molecule has 0 amide bonds. The van der Waals surface area contributed by atoms with E-state index < -0.39 is 10.0 Å². The molecular weight excluding hydrogens is 360 g/mol. The van der Waals surface area contributed by atoms with Gasteiger partial charge in [-0.05, 0) is 43.1 Å². The smallest absolute Gasteiger partial charge is 0.240 e. The summed E-state index contributed by atoms with van der Waals surface area (Å²) in [5.41, 5.74) is 3.52. The summed E-state index contributed by atoms with van der Waals surface area (Å²) < 4.78 is 25.8. The van der Waals surface area contributed by atoms with Crippen LogP contribution in [-0.4, -0.2) is 35.0 Å². The summed E-state index contributed by atoms with van der Waals surface area (Å²) in [5, 5.41) is 6.59. The van der Waals surface area contributed by atoms with Crippen molar-refractivity contribution < 1.29 is 8.42 Å². The molecule has 0 aliphatic carbocycles. The molecule has 0 spiro atoms. The van der Waals surface area contributed by atoms with Gasteiger partial charge in [0.1, 0.15) is 0 Å². The minimum atomic E-state index is -3.41. The molecule has 0 saturated carbocycles. The summed E-state index contributed by atoms with van der Waals surface area (Å²) in [6, 6.07) is 15.3. The van der Waals surface area contributed by atoms with E-state index in [2.05, 4.69) is 58.5 Å². The highest BCUT2D eigenvalue weighted by molar-refractivity contribution is 7.89. The first-order valence-corrected chi connectivity index (χ1v) is 10.4. The maximum atomic E-state index is 11.8. The van der Waals surface area contributed by atoms with Crippen LogP contribution in [0.4, 0.5) is 0 Å². The van der Waals surface area contributed by atoms with Crippen molar-refractivity contribution in [3.63, 3.8) is 0 Å². The molecule has 1 unspecified atom stereocenters. The second-order valence-electron chi connectivity index (χ2n) is 6.47. The summed E-state index contributed by atoms with van der Waals surface area (Å²) in [4.78, 5) is 4.50. The molecule has 0 radical (unpaired) electrons. The van der Waals surface area contributed by atoms with Gasteiger partial charge in [-0.3, -0.25) is 4.99 Å². The summed E-state index contributed by atoms with van der Waals surface area (Å²) in [6.45, 7) is 5.59. The Morgan fingerprint density at radius 2 is 1.81 bits per heavy atom. The molecule has 0 aliphatic rings. The number of guanidine groups is 1. The molecule has 0 bridgehead atoms. The summed E-state index contributed by atoms with van der Waals surface area (Å²) >= 11 is 0. The molecule has 0 heterocycles. The van der Waals surface area contributed by atoms with Crippen LogP contribution < -0.4 is 15.4 Å². The van der Waals surface area contributed by atoms with Gasteiger partial charge in [-0.1, -0.05) is 48.9 Å². The number of nitrogens with one attached hydrogen (secondary N) is 3. The predicted molar refractivity (Wildman–Crippen MR) is 110 cm³/mol. The molecule has 27 heavy (non-hydrogen) atoms. The van der Waals surface area contributed by atoms with Gasteiger partial charge in [-0.15, -0.1) is 0 Å². The molecule has 0 aliphatic heterocycles. The average molecular weight is 389 g/mol. The number of rotatable bonds is 7. The lowest BCUT2D eigenvalue weighted by Gasteiger charge is -2.17. The number of hydrogen-bond acceptors (Lipinski definition) is 3. The molecule has 6 nitrogen and oxygen atoms in total. The molecule has 2 aromatic carbocycles. The van der Waals surface area contributed by atoms with E-state index in [-0.39, 0.29) is 4.90 Å². The van der Waals surface area contributed by atoms with Crippen molar-refractivity contribution in [3.8, 4) is 0 Å². The highest BCUT2D eigenvalue weighted by Gasteiger charge is 2.11. The van der Waals surface area contributed by atoms with Crippen LogP contribution >= 0.6 is 0 Å². The summed E-state index contributed by atoms with van der Waals surface area (Å²) in [5.74, 6) is 1.07. The molecule has 0 fully saturated rings.